The highest BCUT2D eigenvalue weighted by Gasteiger charge is 2.00. The van der Waals surface area contributed by atoms with E-state index in [1.165, 1.54) is 0 Å². The van der Waals surface area contributed by atoms with Crippen molar-refractivity contribution in [3.05, 3.63) is 47.5 Å². The normalized spacial score (nSPS) is 10.1. The first-order valence-electron chi connectivity index (χ1n) is 4.73. The molecule has 0 heterocycles. The number of benzene rings is 2. The summed E-state index contributed by atoms with van der Waals surface area (Å²) in [6, 6.07) is 12.3. The van der Waals surface area contributed by atoms with Crippen LogP contribution >= 0.6 is 11.6 Å². The van der Waals surface area contributed by atoms with E-state index in [9.17, 15) is 0 Å². The molecule has 2 aromatic carbocycles. The number of halogens is 1. The fraction of sp³-hybridized carbons (Fsp3) is 0. The summed E-state index contributed by atoms with van der Waals surface area (Å²) in [5, 5.41) is 0.626. The predicted molar refractivity (Wildman–Crippen MR) is 66.8 cm³/mol. The minimum atomic E-state index is 0.500. The lowest BCUT2D eigenvalue weighted by molar-refractivity contribution is 0.483. The molecule has 0 bridgehead atoms. The Morgan fingerprint density at radius 3 is 2.31 bits per heavy atom. The van der Waals surface area contributed by atoms with E-state index in [4.69, 9.17) is 27.8 Å². The molecule has 2 rings (SSSR count). The molecule has 0 aliphatic carbocycles. The Hall–Kier alpha value is -1.87. The van der Waals surface area contributed by atoms with Gasteiger partial charge in [-0.2, -0.15) is 0 Å². The van der Waals surface area contributed by atoms with Crippen molar-refractivity contribution in [1.29, 1.82) is 0 Å². The zero-order valence-electron chi connectivity index (χ0n) is 8.48. The minimum absolute atomic E-state index is 0.500. The maximum atomic E-state index is 5.84. The van der Waals surface area contributed by atoms with E-state index < -0.39 is 0 Å². The van der Waals surface area contributed by atoms with Gasteiger partial charge in [0.25, 0.3) is 0 Å². The lowest BCUT2D eigenvalue weighted by atomic mass is 10.2. The topological polar surface area (TPSA) is 61.3 Å². The van der Waals surface area contributed by atoms with Gasteiger partial charge >= 0.3 is 0 Å². The van der Waals surface area contributed by atoms with Crippen molar-refractivity contribution in [3.8, 4) is 11.5 Å². The van der Waals surface area contributed by atoms with Gasteiger partial charge in [-0.05, 0) is 30.3 Å². The van der Waals surface area contributed by atoms with Gasteiger partial charge in [-0.1, -0.05) is 17.7 Å². The molecule has 0 amide bonds. The number of anilines is 2. The summed E-state index contributed by atoms with van der Waals surface area (Å²) in [4.78, 5) is 0. The second kappa shape index (κ2) is 4.33. The third-order valence-corrected chi connectivity index (χ3v) is 2.33. The number of ether oxygens (including phenoxy) is 1. The molecule has 0 aromatic heterocycles. The molecule has 3 nitrogen and oxygen atoms in total. The summed E-state index contributed by atoms with van der Waals surface area (Å²) in [7, 11) is 0. The summed E-state index contributed by atoms with van der Waals surface area (Å²) >= 11 is 5.84. The Morgan fingerprint density at radius 2 is 1.62 bits per heavy atom. The summed E-state index contributed by atoms with van der Waals surface area (Å²) in [5.74, 6) is 1.30. The fourth-order valence-corrected chi connectivity index (χ4v) is 1.46. The monoisotopic (exact) mass is 234 g/mol. The van der Waals surface area contributed by atoms with Crippen molar-refractivity contribution in [2.24, 2.45) is 0 Å². The number of hydrogen-bond acceptors (Lipinski definition) is 3. The van der Waals surface area contributed by atoms with E-state index in [1.807, 2.05) is 12.1 Å². The van der Waals surface area contributed by atoms with Crippen LogP contribution in [0.4, 0.5) is 11.4 Å². The summed E-state index contributed by atoms with van der Waals surface area (Å²) in [5.41, 5.74) is 12.3. The molecule has 4 heteroatoms. The molecule has 0 fully saturated rings. The van der Waals surface area contributed by atoms with Crippen LogP contribution in [0, 0.1) is 0 Å². The first-order chi connectivity index (χ1) is 7.65. The van der Waals surface area contributed by atoms with Crippen molar-refractivity contribution in [2.75, 3.05) is 11.5 Å². The van der Waals surface area contributed by atoms with Crippen LogP contribution in [0.25, 0.3) is 0 Å². The highest BCUT2D eigenvalue weighted by atomic mass is 35.5. The van der Waals surface area contributed by atoms with Crippen LogP contribution in [0.15, 0.2) is 42.5 Å². The van der Waals surface area contributed by atoms with Gasteiger partial charge in [0.2, 0.25) is 0 Å². The molecular formula is C12H11ClN2O. The molecule has 0 aliphatic rings. The van der Waals surface area contributed by atoms with Gasteiger partial charge in [-0.25, -0.2) is 0 Å². The van der Waals surface area contributed by atoms with Crippen molar-refractivity contribution < 1.29 is 4.74 Å². The zero-order chi connectivity index (χ0) is 11.5. The molecule has 0 spiro atoms. The molecule has 0 saturated heterocycles. The van der Waals surface area contributed by atoms with Crippen LogP contribution in [0.1, 0.15) is 0 Å². The third kappa shape index (κ3) is 2.38. The highest BCUT2D eigenvalue weighted by molar-refractivity contribution is 6.30. The quantitative estimate of drug-likeness (QED) is 0.784. The van der Waals surface area contributed by atoms with Gasteiger partial charge in [-0.3, -0.25) is 0 Å². The summed E-state index contributed by atoms with van der Waals surface area (Å²) in [6.07, 6.45) is 0. The van der Waals surface area contributed by atoms with Crippen LogP contribution in [-0.2, 0) is 0 Å². The van der Waals surface area contributed by atoms with Crippen molar-refractivity contribution in [2.45, 2.75) is 0 Å². The van der Waals surface area contributed by atoms with Crippen molar-refractivity contribution in [3.63, 3.8) is 0 Å². The van der Waals surface area contributed by atoms with E-state index in [2.05, 4.69) is 0 Å². The van der Waals surface area contributed by atoms with E-state index in [0.717, 1.165) is 0 Å². The van der Waals surface area contributed by atoms with E-state index >= 15 is 0 Å². The lowest BCUT2D eigenvalue weighted by Crippen LogP contribution is -1.94. The Bertz CT molecular complexity index is 514. The number of rotatable bonds is 2. The van der Waals surface area contributed by atoms with Crippen molar-refractivity contribution in [1.82, 2.24) is 0 Å². The average Bonchev–Trinajstić information content (AvgIpc) is 2.24. The maximum Gasteiger partial charge on any atom is 0.129 e. The maximum absolute atomic E-state index is 5.84. The molecule has 82 valence electrons. The van der Waals surface area contributed by atoms with Gasteiger partial charge < -0.3 is 16.2 Å². The number of hydrogen-bond donors (Lipinski definition) is 2. The van der Waals surface area contributed by atoms with Crippen LogP contribution < -0.4 is 16.2 Å². The SMILES string of the molecule is Nc1ccc(Oc2cccc(Cl)c2)cc1N. The number of nitrogen functional groups attached to an aromatic ring is 2. The van der Waals surface area contributed by atoms with Crippen LogP contribution in [0.5, 0.6) is 11.5 Å². The Labute approximate surface area is 98.6 Å². The molecule has 16 heavy (non-hydrogen) atoms. The summed E-state index contributed by atoms with van der Waals surface area (Å²) < 4.78 is 5.58. The second-order valence-corrected chi connectivity index (χ2v) is 3.79. The Kier molecular flexibility index (Phi) is 2.88. The van der Waals surface area contributed by atoms with Crippen LogP contribution in [-0.4, -0.2) is 0 Å². The molecule has 0 saturated carbocycles. The molecule has 0 atom stereocenters. The molecule has 0 unspecified atom stereocenters. The predicted octanol–water partition coefficient (Wildman–Crippen LogP) is 3.30. The Balaban J connectivity index is 2.24. The van der Waals surface area contributed by atoms with E-state index in [-0.39, 0.29) is 0 Å². The van der Waals surface area contributed by atoms with Crippen molar-refractivity contribution >= 4 is 23.0 Å². The first kappa shape index (κ1) is 10.6. The van der Waals surface area contributed by atoms with Gasteiger partial charge in [-0.15, -0.1) is 0 Å². The average molecular weight is 235 g/mol. The lowest BCUT2D eigenvalue weighted by Gasteiger charge is -2.07. The largest absolute Gasteiger partial charge is 0.457 e. The van der Waals surface area contributed by atoms with Gasteiger partial charge in [0.05, 0.1) is 11.4 Å². The molecule has 2 aromatic rings. The van der Waals surface area contributed by atoms with E-state index in [0.29, 0.717) is 27.9 Å². The standard InChI is InChI=1S/C12H11ClN2O/c13-8-2-1-3-9(6-8)16-10-4-5-11(14)12(15)7-10/h1-7H,14-15H2. The number of nitrogens with two attached hydrogens (primary N) is 2. The highest BCUT2D eigenvalue weighted by Crippen LogP contribution is 2.27. The summed E-state index contributed by atoms with van der Waals surface area (Å²) in [6.45, 7) is 0. The fourth-order valence-electron chi connectivity index (χ4n) is 1.28. The minimum Gasteiger partial charge on any atom is -0.457 e. The van der Waals surface area contributed by atoms with Gasteiger partial charge in [0.15, 0.2) is 0 Å². The third-order valence-electron chi connectivity index (χ3n) is 2.09. The Morgan fingerprint density at radius 1 is 0.875 bits per heavy atom. The van der Waals surface area contributed by atoms with E-state index in [1.54, 1.807) is 30.3 Å². The molecule has 0 aliphatic heterocycles. The molecular weight excluding hydrogens is 224 g/mol. The van der Waals surface area contributed by atoms with Gasteiger partial charge in [0.1, 0.15) is 11.5 Å². The molecule has 0 radical (unpaired) electrons. The smallest absolute Gasteiger partial charge is 0.129 e. The van der Waals surface area contributed by atoms with Crippen LogP contribution in [0.2, 0.25) is 5.02 Å². The van der Waals surface area contributed by atoms with Crippen LogP contribution in [0.3, 0.4) is 0 Å². The second-order valence-electron chi connectivity index (χ2n) is 3.35. The zero-order valence-corrected chi connectivity index (χ0v) is 9.24. The first-order valence-corrected chi connectivity index (χ1v) is 5.11. The van der Waals surface area contributed by atoms with Gasteiger partial charge in [0, 0.05) is 11.1 Å². The molecule has 4 N–H and O–H groups in total.